The van der Waals surface area contributed by atoms with Crippen LogP contribution in [0.3, 0.4) is 0 Å². The van der Waals surface area contributed by atoms with E-state index in [4.69, 9.17) is 11.6 Å². The van der Waals surface area contributed by atoms with Gasteiger partial charge in [0.15, 0.2) is 0 Å². The molecular formula is C13H16ClNO2. The molecule has 0 aromatic heterocycles. The van der Waals surface area contributed by atoms with Crippen molar-refractivity contribution in [1.82, 2.24) is 4.90 Å². The normalized spacial score (nSPS) is 25.1. The van der Waals surface area contributed by atoms with Crippen LogP contribution in [0.2, 0.25) is 5.02 Å². The average molecular weight is 254 g/mol. The minimum Gasteiger partial charge on any atom is -0.481 e. The number of hydrogen-bond acceptors (Lipinski definition) is 2. The molecule has 0 spiro atoms. The van der Waals surface area contributed by atoms with Gasteiger partial charge in [0, 0.05) is 18.1 Å². The lowest BCUT2D eigenvalue weighted by molar-refractivity contribution is -0.142. The van der Waals surface area contributed by atoms with Crippen LogP contribution in [-0.2, 0) is 11.2 Å². The van der Waals surface area contributed by atoms with Gasteiger partial charge in [0.1, 0.15) is 0 Å². The minimum atomic E-state index is -0.687. The maximum Gasteiger partial charge on any atom is 0.308 e. The first-order chi connectivity index (χ1) is 8.06. The predicted octanol–water partition coefficient (Wildman–Crippen LogP) is 2.14. The molecule has 1 saturated heterocycles. The van der Waals surface area contributed by atoms with E-state index in [1.165, 1.54) is 0 Å². The van der Waals surface area contributed by atoms with E-state index in [0.29, 0.717) is 11.6 Å². The molecule has 1 aliphatic rings. The highest BCUT2D eigenvalue weighted by Gasteiger charge is 2.35. The van der Waals surface area contributed by atoms with Crippen LogP contribution in [0, 0.1) is 11.8 Å². The molecule has 4 heteroatoms. The highest BCUT2D eigenvalue weighted by Crippen LogP contribution is 2.26. The van der Waals surface area contributed by atoms with Crippen LogP contribution in [0.1, 0.15) is 5.56 Å². The van der Waals surface area contributed by atoms with Gasteiger partial charge >= 0.3 is 5.97 Å². The number of nitrogens with zero attached hydrogens (tertiary/aromatic N) is 1. The quantitative estimate of drug-likeness (QED) is 0.897. The van der Waals surface area contributed by atoms with Crippen LogP contribution < -0.4 is 0 Å². The molecular weight excluding hydrogens is 238 g/mol. The molecule has 3 nitrogen and oxygen atoms in total. The molecule has 17 heavy (non-hydrogen) atoms. The summed E-state index contributed by atoms with van der Waals surface area (Å²) < 4.78 is 0. The molecule has 1 aromatic carbocycles. The van der Waals surface area contributed by atoms with Crippen LogP contribution in [0.25, 0.3) is 0 Å². The number of carboxylic acids is 1. The highest BCUT2D eigenvalue weighted by atomic mass is 35.5. The molecule has 1 N–H and O–H groups in total. The Morgan fingerprint density at radius 1 is 1.41 bits per heavy atom. The lowest BCUT2D eigenvalue weighted by Crippen LogP contribution is -2.23. The second-order valence-electron chi connectivity index (χ2n) is 4.76. The molecule has 2 rings (SSSR count). The minimum absolute atomic E-state index is 0.193. The smallest absolute Gasteiger partial charge is 0.308 e. The summed E-state index contributed by atoms with van der Waals surface area (Å²) in [4.78, 5) is 13.2. The molecule has 2 atom stereocenters. The van der Waals surface area contributed by atoms with Gasteiger partial charge in [-0.15, -0.1) is 0 Å². The van der Waals surface area contributed by atoms with E-state index in [-0.39, 0.29) is 11.8 Å². The van der Waals surface area contributed by atoms with Gasteiger partial charge in [-0.25, -0.2) is 0 Å². The molecule has 1 fully saturated rings. The molecule has 0 amide bonds. The summed E-state index contributed by atoms with van der Waals surface area (Å²) in [5, 5.41) is 9.89. The first kappa shape index (κ1) is 12.4. The van der Waals surface area contributed by atoms with E-state index in [1.807, 2.05) is 31.3 Å². The van der Waals surface area contributed by atoms with Gasteiger partial charge < -0.3 is 10.0 Å². The Kier molecular flexibility index (Phi) is 3.69. The first-order valence-corrected chi connectivity index (χ1v) is 6.10. The van der Waals surface area contributed by atoms with E-state index in [2.05, 4.69) is 4.90 Å². The van der Waals surface area contributed by atoms with Gasteiger partial charge in [-0.3, -0.25) is 4.79 Å². The van der Waals surface area contributed by atoms with Crippen molar-refractivity contribution in [2.75, 3.05) is 20.1 Å². The van der Waals surface area contributed by atoms with Crippen LogP contribution in [-0.4, -0.2) is 36.1 Å². The summed E-state index contributed by atoms with van der Waals surface area (Å²) in [6, 6.07) is 7.65. The van der Waals surface area contributed by atoms with Crippen molar-refractivity contribution < 1.29 is 9.90 Å². The largest absolute Gasteiger partial charge is 0.481 e. The van der Waals surface area contributed by atoms with Crippen molar-refractivity contribution in [1.29, 1.82) is 0 Å². The van der Waals surface area contributed by atoms with Crippen molar-refractivity contribution in [3.63, 3.8) is 0 Å². The summed E-state index contributed by atoms with van der Waals surface area (Å²) in [5.74, 6) is -0.748. The SMILES string of the molecule is CN1C[C@H](Cc2ccc(Cl)cc2)[C@@H](C(=O)O)C1. The van der Waals surface area contributed by atoms with Crippen molar-refractivity contribution in [3.8, 4) is 0 Å². The van der Waals surface area contributed by atoms with Crippen molar-refractivity contribution in [2.45, 2.75) is 6.42 Å². The van der Waals surface area contributed by atoms with Gasteiger partial charge in [0.25, 0.3) is 0 Å². The van der Waals surface area contributed by atoms with Gasteiger partial charge in [0.2, 0.25) is 0 Å². The highest BCUT2D eigenvalue weighted by molar-refractivity contribution is 6.30. The monoisotopic (exact) mass is 253 g/mol. The third-order valence-electron chi connectivity index (χ3n) is 3.35. The Labute approximate surface area is 106 Å². The van der Waals surface area contributed by atoms with Gasteiger partial charge in [0.05, 0.1) is 5.92 Å². The number of hydrogen-bond donors (Lipinski definition) is 1. The lowest BCUT2D eigenvalue weighted by atomic mass is 9.90. The molecule has 0 saturated carbocycles. The molecule has 0 bridgehead atoms. The van der Waals surface area contributed by atoms with E-state index in [0.717, 1.165) is 18.5 Å². The second kappa shape index (κ2) is 5.07. The zero-order valence-corrected chi connectivity index (χ0v) is 10.5. The summed E-state index contributed by atoms with van der Waals surface area (Å²) in [6.07, 6.45) is 0.804. The van der Waals surface area contributed by atoms with Crippen molar-refractivity contribution in [3.05, 3.63) is 34.9 Å². The molecule has 0 aliphatic carbocycles. The molecule has 0 radical (unpaired) electrons. The van der Waals surface area contributed by atoms with Crippen LogP contribution in [0.15, 0.2) is 24.3 Å². The molecule has 1 aromatic rings. The maximum atomic E-state index is 11.2. The fourth-order valence-electron chi connectivity index (χ4n) is 2.50. The van der Waals surface area contributed by atoms with Crippen LogP contribution >= 0.6 is 11.6 Å². The van der Waals surface area contributed by atoms with Gasteiger partial charge in [-0.05, 0) is 37.1 Å². The maximum absolute atomic E-state index is 11.2. The van der Waals surface area contributed by atoms with E-state index in [1.54, 1.807) is 0 Å². The van der Waals surface area contributed by atoms with Crippen molar-refractivity contribution >= 4 is 17.6 Å². The Balaban J connectivity index is 2.07. The van der Waals surface area contributed by atoms with Gasteiger partial charge in [-0.1, -0.05) is 23.7 Å². The molecule has 1 heterocycles. The standard InChI is InChI=1S/C13H16ClNO2/c1-15-7-10(12(8-15)13(16)17)6-9-2-4-11(14)5-3-9/h2-5,10,12H,6-8H2,1H3,(H,16,17)/t10-,12-/m0/s1. The first-order valence-electron chi connectivity index (χ1n) is 5.72. The third kappa shape index (κ3) is 2.99. The average Bonchev–Trinajstić information content (AvgIpc) is 2.63. The number of aliphatic carboxylic acids is 1. The third-order valence-corrected chi connectivity index (χ3v) is 3.60. The van der Waals surface area contributed by atoms with E-state index < -0.39 is 5.97 Å². The Hall–Kier alpha value is -1.06. The summed E-state index contributed by atoms with van der Waals surface area (Å²) in [7, 11) is 1.97. The number of halogens is 1. The van der Waals surface area contributed by atoms with Gasteiger partial charge in [-0.2, -0.15) is 0 Å². The second-order valence-corrected chi connectivity index (χ2v) is 5.19. The van der Waals surface area contributed by atoms with E-state index in [9.17, 15) is 9.90 Å². The number of likely N-dealkylation sites (tertiary alicyclic amines) is 1. The summed E-state index contributed by atoms with van der Waals surface area (Å²) >= 11 is 5.83. The van der Waals surface area contributed by atoms with E-state index >= 15 is 0 Å². The number of benzene rings is 1. The molecule has 1 aliphatic heterocycles. The zero-order valence-electron chi connectivity index (χ0n) is 9.77. The Bertz CT molecular complexity index is 404. The molecule has 0 unspecified atom stereocenters. The fraction of sp³-hybridized carbons (Fsp3) is 0.462. The summed E-state index contributed by atoms with van der Waals surface area (Å²) in [6.45, 7) is 1.49. The van der Waals surface area contributed by atoms with Crippen molar-refractivity contribution in [2.24, 2.45) is 11.8 Å². The predicted molar refractivity (Wildman–Crippen MR) is 67.3 cm³/mol. The van der Waals surface area contributed by atoms with Crippen LogP contribution in [0.5, 0.6) is 0 Å². The van der Waals surface area contributed by atoms with Crippen LogP contribution in [0.4, 0.5) is 0 Å². The number of rotatable bonds is 3. The Morgan fingerprint density at radius 2 is 2.06 bits per heavy atom. The number of carboxylic acid groups (broad SMARTS) is 1. The zero-order chi connectivity index (χ0) is 12.4. The summed E-state index contributed by atoms with van der Waals surface area (Å²) in [5.41, 5.74) is 1.15. The topological polar surface area (TPSA) is 40.5 Å². The number of carbonyl (C=O) groups is 1. The Morgan fingerprint density at radius 3 is 2.65 bits per heavy atom. The fourth-order valence-corrected chi connectivity index (χ4v) is 2.62. The molecule has 92 valence electrons. The lowest BCUT2D eigenvalue weighted by Gasteiger charge is -2.14.